The van der Waals surface area contributed by atoms with Gasteiger partial charge in [-0.3, -0.25) is 4.79 Å². The fourth-order valence-electron chi connectivity index (χ4n) is 3.25. The molecule has 0 saturated carbocycles. The van der Waals surface area contributed by atoms with Gasteiger partial charge in [0.05, 0.1) is 23.3 Å². The molecule has 7 heteroatoms. The summed E-state index contributed by atoms with van der Waals surface area (Å²) < 4.78 is 11.9. The summed E-state index contributed by atoms with van der Waals surface area (Å²) in [5.41, 5.74) is 2.01. The van der Waals surface area contributed by atoms with Crippen LogP contribution in [-0.4, -0.2) is 31.3 Å². The molecular formula is C21H24N3O3S+. The Balaban J connectivity index is 1.37. The standard InChI is InChI=1S/C21H23N3O3S/c1-13(15-8-9-17-18(10-15)27-12-26-17)22-20(25)11-24(3)14(2)21-23-16-6-4-5-7-19(16)28-21/h4-10,13-14H,11-12H2,1-3H3,(H,22,25)/p+1/t13-,14+/m1/s1. The van der Waals surface area contributed by atoms with Gasteiger partial charge in [-0.25, -0.2) is 4.98 Å². The Morgan fingerprint density at radius 2 is 2.00 bits per heavy atom. The summed E-state index contributed by atoms with van der Waals surface area (Å²) >= 11 is 1.69. The van der Waals surface area contributed by atoms with Crippen LogP contribution in [0.3, 0.4) is 0 Å². The zero-order chi connectivity index (χ0) is 19.7. The van der Waals surface area contributed by atoms with Crippen LogP contribution in [0, 0.1) is 0 Å². The Morgan fingerprint density at radius 1 is 1.21 bits per heavy atom. The molecule has 28 heavy (non-hydrogen) atoms. The fourth-order valence-corrected chi connectivity index (χ4v) is 4.36. The SMILES string of the molecule is C[C@@H](NC(=O)C[NH+](C)[C@@H](C)c1nc2ccccc2s1)c1ccc2c(c1)OCO2. The average molecular weight is 399 g/mol. The van der Waals surface area contributed by atoms with E-state index in [-0.39, 0.29) is 24.8 Å². The molecule has 1 amide bonds. The predicted octanol–water partition coefficient (Wildman–Crippen LogP) is 2.48. The van der Waals surface area contributed by atoms with Gasteiger partial charge in [-0.1, -0.05) is 18.2 Å². The van der Waals surface area contributed by atoms with Gasteiger partial charge < -0.3 is 19.7 Å². The first-order valence-corrected chi connectivity index (χ1v) is 10.2. The minimum atomic E-state index is -0.104. The van der Waals surface area contributed by atoms with Crippen LogP contribution in [-0.2, 0) is 4.79 Å². The van der Waals surface area contributed by atoms with E-state index in [0.29, 0.717) is 6.54 Å². The molecule has 0 bridgehead atoms. The first-order chi connectivity index (χ1) is 13.5. The molecule has 0 aliphatic carbocycles. The Labute approximate surface area is 168 Å². The molecule has 1 aliphatic rings. The molecule has 1 unspecified atom stereocenters. The smallest absolute Gasteiger partial charge is 0.275 e. The van der Waals surface area contributed by atoms with Gasteiger partial charge in [-0.15, -0.1) is 11.3 Å². The third-order valence-electron chi connectivity index (χ3n) is 5.13. The van der Waals surface area contributed by atoms with Gasteiger partial charge in [0, 0.05) is 0 Å². The number of nitrogens with one attached hydrogen (secondary N) is 2. The van der Waals surface area contributed by atoms with E-state index in [1.807, 2.05) is 50.4 Å². The van der Waals surface area contributed by atoms with Crippen LogP contribution in [0.25, 0.3) is 10.2 Å². The van der Waals surface area contributed by atoms with E-state index in [2.05, 4.69) is 18.3 Å². The number of ether oxygens (including phenoxy) is 2. The molecule has 6 nitrogen and oxygen atoms in total. The molecule has 2 aromatic carbocycles. The Morgan fingerprint density at radius 3 is 2.82 bits per heavy atom. The molecule has 0 spiro atoms. The first kappa shape index (κ1) is 18.7. The predicted molar refractivity (Wildman–Crippen MR) is 109 cm³/mol. The van der Waals surface area contributed by atoms with Crippen LogP contribution in [0.1, 0.15) is 36.5 Å². The maximum absolute atomic E-state index is 12.6. The number of benzene rings is 2. The highest BCUT2D eigenvalue weighted by Gasteiger charge is 2.23. The molecule has 2 N–H and O–H groups in total. The molecule has 0 saturated heterocycles. The van der Waals surface area contributed by atoms with Crippen LogP contribution in [0.4, 0.5) is 0 Å². The summed E-state index contributed by atoms with van der Waals surface area (Å²) in [6.07, 6.45) is 0. The Hall–Kier alpha value is -2.64. The third-order valence-corrected chi connectivity index (χ3v) is 6.35. The fraction of sp³-hybridized carbons (Fsp3) is 0.333. The molecule has 4 rings (SSSR count). The van der Waals surface area contributed by atoms with E-state index >= 15 is 0 Å². The first-order valence-electron chi connectivity index (χ1n) is 9.38. The van der Waals surface area contributed by atoms with Crippen molar-refractivity contribution in [1.29, 1.82) is 0 Å². The molecule has 3 aromatic rings. The number of likely N-dealkylation sites (N-methyl/N-ethyl adjacent to an activating group) is 1. The van der Waals surface area contributed by atoms with Crippen molar-refractivity contribution in [3.63, 3.8) is 0 Å². The second-order valence-corrected chi connectivity index (χ2v) is 8.23. The number of rotatable bonds is 6. The zero-order valence-corrected chi connectivity index (χ0v) is 17.0. The van der Waals surface area contributed by atoms with Gasteiger partial charge in [0.2, 0.25) is 6.79 Å². The van der Waals surface area contributed by atoms with Crippen LogP contribution in [0.5, 0.6) is 11.5 Å². The van der Waals surface area contributed by atoms with Crippen molar-refractivity contribution in [3.8, 4) is 11.5 Å². The summed E-state index contributed by atoms with van der Waals surface area (Å²) in [7, 11) is 2.03. The number of thiazole rings is 1. The molecule has 1 aliphatic heterocycles. The number of amides is 1. The van der Waals surface area contributed by atoms with Crippen molar-refractivity contribution in [1.82, 2.24) is 10.3 Å². The largest absolute Gasteiger partial charge is 0.454 e. The van der Waals surface area contributed by atoms with E-state index in [1.165, 1.54) is 4.70 Å². The number of para-hydroxylation sites is 1. The van der Waals surface area contributed by atoms with Crippen molar-refractivity contribution in [2.24, 2.45) is 0 Å². The normalized spacial score (nSPS) is 16.0. The molecule has 146 valence electrons. The van der Waals surface area contributed by atoms with Crippen molar-refractivity contribution in [2.75, 3.05) is 20.4 Å². The van der Waals surface area contributed by atoms with Crippen molar-refractivity contribution in [3.05, 3.63) is 53.0 Å². The minimum Gasteiger partial charge on any atom is -0.454 e. The summed E-state index contributed by atoms with van der Waals surface area (Å²) in [6.45, 7) is 4.71. The van der Waals surface area contributed by atoms with Crippen molar-refractivity contribution in [2.45, 2.75) is 25.9 Å². The highest BCUT2D eigenvalue weighted by Crippen LogP contribution is 2.34. The number of hydrogen-bond acceptors (Lipinski definition) is 5. The topological polar surface area (TPSA) is 64.9 Å². The maximum atomic E-state index is 12.6. The lowest BCUT2D eigenvalue weighted by atomic mass is 10.1. The van der Waals surface area contributed by atoms with Crippen LogP contribution >= 0.6 is 11.3 Å². The quantitative estimate of drug-likeness (QED) is 0.670. The van der Waals surface area contributed by atoms with Crippen molar-refractivity contribution < 1.29 is 19.2 Å². The molecular weight excluding hydrogens is 374 g/mol. The number of carbonyl (C=O) groups excluding carboxylic acids is 1. The second kappa shape index (κ2) is 7.77. The Bertz CT molecular complexity index is 970. The van der Waals surface area contributed by atoms with E-state index < -0.39 is 0 Å². The van der Waals surface area contributed by atoms with Gasteiger partial charge in [-0.05, 0) is 43.7 Å². The molecule has 2 heterocycles. The lowest BCUT2D eigenvalue weighted by molar-refractivity contribution is -0.902. The minimum absolute atomic E-state index is 0.00984. The van der Waals surface area contributed by atoms with Crippen LogP contribution in [0.15, 0.2) is 42.5 Å². The number of carbonyl (C=O) groups is 1. The number of hydrogen-bond donors (Lipinski definition) is 2. The maximum Gasteiger partial charge on any atom is 0.275 e. The number of aromatic nitrogens is 1. The number of fused-ring (bicyclic) bond motifs is 2. The third kappa shape index (κ3) is 3.81. The summed E-state index contributed by atoms with van der Waals surface area (Å²) in [5, 5.41) is 4.13. The van der Waals surface area contributed by atoms with Gasteiger partial charge in [0.15, 0.2) is 23.1 Å². The van der Waals surface area contributed by atoms with Crippen LogP contribution < -0.4 is 19.7 Å². The van der Waals surface area contributed by atoms with E-state index in [4.69, 9.17) is 14.5 Å². The number of nitrogens with zero attached hydrogens (tertiary/aromatic N) is 1. The molecule has 3 atom stereocenters. The van der Waals surface area contributed by atoms with Crippen LogP contribution in [0.2, 0.25) is 0 Å². The Kier molecular flexibility index (Phi) is 5.19. The van der Waals surface area contributed by atoms with Gasteiger partial charge in [-0.2, -0.15) is 0 Å². The van der Waals surface area contributed by atoms with E-state index in [0.717, 1.165) is 32.5 Å². The highest BCUT2D eigenvalue weighted by atomic mass is 32.1. The summed E-state index contributed by atoms with van der Waals surface area (Å²) in [4.78, 5) is 18.4. The van der Waals surface area contributed by atoms with E-state index in [1.54, 1.807) is 11.3 Å². The lowest BCUT2D eigenvalue weighted by Gasteiger charge is -2.21. The lowest BCUT2D eigenvalue weighted by Crippen LogP contribution is -3.10. The van der Waals surface area contributed by atoms with Gasteiger partial charge in [0.25, 0.3) is 5.91 Å². The van der Waals surface area contributed by atoms with Gasteiger partial charge in [0.1, 0.15) is 6.04 Å². The molecule has 1 aromatic heterocycles. The van der Waals surface area contributed by atoms with E-state index in [9.17, 15) is 4.79 Å². The van der Waals surface area contributed by atoms with Gasteiger partial charge >= 0.3 is 0 Å². The summed E-state index contributed by atoms with van der Waals surface area (Å²) in [6, 6.07) is 13.9. The zero-order valence-electron chi connectivity index (χ0n) is 16.2. The summed E-state index contributed by atoms with van der Waals surface area (Å²) in [5.74, 6) is 1.48. The molecule has 0 fully saturated rings. The monoisotopic (exact) mass is 398 g/mol. The second-order valence-electron chi connectivity index (χ2n) is 7.17. The van der Waals surface area contributed by atoms with Crippen molar-refractivity contribution >= 4 is 27.5 Å². The average Bonchev–Trinajstić information content (AvgIpc) is 3.32. The number of quaternary nitrogens is 1. The molecule has 0 radical (unpaired) electrons. The highest BCUT2D eigenvalue weighted by molar-refractivity contribution is 7.18.